The van der Waals surface area contributed by atoms with Crippen LogP contribution in [0.5, 0.6) is 0 Å². The van der Waals surface area contributed by atoms with Gasteiger partial charge in [-0.05, 0) is 43.4 Å². The van der Waals surface area contributed by atoms with Gasteiger partial charge in [0.2, 0.25) is 10.1 Å². The van der Waals surface area contributed by atoms with Gasteiger partial charge in [-0.25, -0.2) is 4.98 Å². The number of nitrogens with one attached hydrogen (secondary N) is 1. The first-order chi connectivity index (χ1) is 14.1. The van der Waals surface area contributed by atoms with Gasteiger partial charge in [-0.3, -0.25) is 4.79 Å². The summed E-state index contributed by atoms with van der Waals surface area (Å²) in [5.74, 6) is 0. The number of aromatic nitrogens is 3. The summed E-state index contributed by atoms with van der Waals surface area (Å²) in [5, 5.41) is 8.98. The van der Waals surface area contributed by atoms with Crippen molar-refractivity contribution in [3.63, 3.8) is 0 Å². The molecule has 5 rings (SSSR count). The van der Waals surface area contributed by atoms with E-state index in [9.17, 15) is 4.79 Å². The van der Waals surface area contributed by atoms with Gasteiger partial charge in [-0.15, -0.1) is 5.10 Å². The smallest absolute Gasteiger partial charge is 0.283 e. The molecule has 9 heteroatoms. The van der Waals surface area contributed by atoms with Crippen molar-refractivity contribution in [2.75, 3.05) is 43.4 Å². The summed E-state index contributed by atoms with van der Waals surface area (Å²) in [4.78, 5) is 22.7. The number of piperazine rings is 1. The number of fused-ring (bicyclic) bond motifs is 2. The van der Waals surface area contributed by atoms with Crippen molar-refractivity contribution in [3.05, 3.63) is 57.3 Å². The first kappa shape index (κ1) is 18.5. The highest BCUT2D eigenvalue weighted by atomic mass is 79.9. The zero-order valence-corrected chi connectivity index (χ0v) is 18.2. The molecule has 1 saturated heterocycles. The number of anilines is 3. The van der Waals surface area contributed by atoms with Gasteiger partial charge in [0.1, 0.15) is 0 Å². The van der Waals surface area contributed by atoms with Gasteiger partial charge in [0.25, 0.3) is 5.56 Å². The normalized spacial score (nSPS) is 15.3. The summed E-state index contributed by atoms with van der Waals surface area (Å²) < 4.78 is 2.26. The third kappa shape index (κ3) is 3.61. The fourth-order valence-corrected chi connectivity index (χ4v) is 4.67. The Labute approximate surface area is 179 Å². The molecule has 3 heterocycles. The molecular weight excluding hydrogens is 452 g/mol. The van der Waals surface area contributed by atoms with E-state index >= 15 is 0 Å². The van der Waals surface area contributed by atoms with E-state index in [0.29, 0.717) is 21.0 Å². The van der Waals surface area contributed by atoms with Gasteiger partial charge < -0.3 is 15.1 Å². The lowest BCUT2D eigenvalue weighted by atomic mass is 10.2. The Morgan fingerprint density at radius 3 is 2.76 bits per heavy atom. The zero-order valence-electron chi connectivity index (χ0n) is 15.8. The average molecular weight is 471 g/mol. The molecule has 0 aliphatic carbocycles. The van der Waals surface area contributed by atoms with E-state index in [1.54, 1.807) is 6.07 Å². The number of benzene rings is 2. The van der Waals surface area contributed by atoms with Crippen LogP contribution in [-0.4, -0.2) is 52.7 Å². The Morgan fingerprint density at radius 1 is 1.10 bits per heavy atom. The van der Waals surface area contributed by atoms with E-state index in [2.05, 4.69) is 60.3 Å². The monoisotopic (exact) mass is 470 g/mol. The van der Waals surface area contributed by atoms with Crippen LogP contribution in [0.15, 0.2) is 51.7 Å². The van der Waals surface area contributed by atoms with Crippen molar-refractivity contribution in [2.24, 2.45) is 0 Å². The maximum Gasteiger partial charge on any atom is 0.283 e. The first-order valence-corrected chi connectivity index (χ1v) is 11.0. The number of hydrogen-bond donors (Lipinski definition) is 1. The summed E-state index contributed by atoms with van der Waals surface area (Å²) in [6, 6.07) is 13.8. The van der Waals surface area contributed by atoms with Crippen molar-refractivity contribution in [1.82, 2.24) is 19.5 Å². The highest BCUT2D eigenvalue weighted by molar-refractivity contribution is 9.10. The van der Waals surface area contributed by atoms with Crippen LogP contribution in [0.1, 0.15) is 0 Å². The molecule has 0 spiro atoms. The molecule has 2 aromatic heterocycles. The molecule has 0 bridgehead atoms. The lowest BCUT2D eigenvalue weighted by Gasteiger charge is -2.34. The zero-order chi connectivity index (χ0) is 20.0. The van der Waals surface area contributed by atoms with Crippen LogP contribution in [-0.2, 0) is 0 Å². The molecule has 7 nitrogen and oxygen atoms in total. The van der Waals surface area contributed by atoms with E-state index in [1.807, 2.05) is 24.3 Å². The van der Waals surface area contributed by atoms with Crippen molar-refractivity contribution in [1.29, 1.82) is 0 Å². The van der Waals surface area contributed by atoms with E-state index in [4.69, 9.17) is 0 Å². The molecule has 0 saturated carbocycles. The second-order valence-corrected chi connectivity index (χ2v) is 9.02. The van der Waals surface area contributed by atoms with Crippen LogP contribution in [0.2, 0.25) is 0 Å². The van der Waals surface area contributed by atoms with E-state index in [-0.39, 0.29) is 5.56 Å². The van der Waals surface area contributed by atoms with Gasteiger partial charge in [0, 0.05) is 42.0 Å². The van der Waals surface area contributed by atoms with E-state index in [1.165, 1.54) is 21.5 Å². The molecule has 1 N–H and O–H groups in total. The quantitative estimate of drug-likeness (QED) is 0.493. The number of halogens is 1. The third-order valence-electron chi connectivity index (χ3n) is 5.12. The molecule has 0 atom stereocenters. The van der Waals surface area contributed by atoms with Gasteiger partial charge in [-0.2, -0.15) is 4.52 Å². The second kappa shape index (κ2) is 7.40. The Balaban J connectivity index is 1.46. The summed E-state index contributed by atoms with van der Waals surface area (Å²) in [6.45, 7) is 4.16. The lowest BCUT2D eigenvalue weighted by molar-refractivity contribution is 0.313. The van der Waals surface area contributed by atoms with Crippen molar-refractivity contribution in [2.45, 2.75) is 0 Å². The van der Waals surface area contributed by atoms with Crippen molar-refractivity contribution < 1.29 is 0 Å². The van der Waals surface area contributed by atoms with Crippen molar-refractivity contribution in [3.8, 4) is 0 Å². The summed E-state index contributed by atoms with van der Waals surface area (Å²) in [7, 11) is 2.15. The Hall–Kier alpha value is -2.49. The van der Waals surface area contributed by atoms with Gasteiger partial charge in [-0.1, -0.05) is 33.3 Å². The topological polar surface area (TPSA) is 65.8 Å². The minimum absolute atomic E-state index is 0.159. The average Bonchev–Trinajstić information content (AvgIpc) is 3.11. The molecule has 0 radical (unpaired) electrons. The van der Waals surface area contributed by atoms with Crippen LogP contribution in [0, 0.1) is 0 Å². The molecule has 0 unspecified atom stereocenters. The standard InChI is InChI=1S/C20H19BrN6OS/c1-25-7-9-26(10-8-25)15-4-2-3-14(12-15)22-19-24-27-18(28)16-6-5-13(21)11-17(16)23-20(27)29-19/h2-6,11-12H,7-10H2,1H3,(H,22,24). The third-order valence-corrected chi connectivity index (χ3v) is 6.44. The Bertz CT molecular complexity index is 1260. The largest absolute Gasteiger partial charge is 0.369 e. The van der Waals surface area contributed by atoms with Crippen LogP contribution in [0.25, 0.3) is 15.9 Å². The Morgan fingerprint density at radius 2 is 1.93 bits per heavy atom. The molecule has 148 valence electrons. The number of nitrogens with zero attached hydrogens (tertiary/aromatic N) is 5. The molecule has 1 fully saturated rings. The first-order valence-electron chi connectivity index (χ1n) is 9.36. The predicted molar refractivity (Wildman–Crippen MR) is 122 cm³/mol. The van der Waals surface area contributed by atoms with E-state index in [0.717, 1.165) is 36.3 Å². The summed E-state index contributed by atoms with van der Waals surface area (Å²) in [6.07, 6.45) is 0. The summed E-state index contributed by atoms with van der Waals surface area (Å²) >= 11 is 4.80. The minimum atomic E-state index is -0.159. The fourth-order valence-electron chi connectivity index (χ4n) is 3.50. The van der Waals surface area contributed by atoms with Gasteiger partial charge in [0.05, 0.1) is 10.9 Å². The van der Waals surface area contributed by atoms with Gasteiger partial charge in [0.15, 0.2) is 0 Å². The maximum absolute atomic E-state index is 12.8. The van der Waals surface area contributed by atoms with Crippen LogP contribution < -0.4 is 15.8 Å². The lowest BCUT2D eigenvalue weighted by Crippen LogP contribution is -2.44. The molecular formula is C20H19BrN6OS. The number of likely N-dealkylation sites (N-methyl/N-ethyl adjacent to an activating group) is 1. The molecule has 29 heavy (non-hydrogen) atoms. The summed E-state index contributed by atoms with van der Waals surface area (Å²) in [5.41, 5.74) is 2.64. The van der Waals surface area contributed by atoms with Crippen molar-refractivity contribution >= 4 is 59.6 Å². The van der Waals surface area contributed by atoms with Gasteiger partial charge >= 0.3 is 0 Å². The molecule has 2 aromatic carbocycles. The molecule has 1 aliphatic heterocycles. The van der Waals surface area contributed by atoms with Crippen LogP contribution in [0.3, 0.4) is 0 Å². The minimum Gasteiger partial charge on any atom is -0.369 e. The van der Waals surface area contributed by atoms with E-state index < -0.39 is 0 Å². The van der Waals surface area contributed by atoms with Crippen LogP contribution >= 0.6 is 27.3 Å². The SMILES string of the molecule is CN1CCN(c2cccc(Nc3nn4c(=O)c5ccc(Br)cc5nc4s3)c2)CC1. The number of rotatable bonds is 3. The maximum atomic E-state index is 12.8. The molecule has 0 amide bonds. The predicted octanol–water partition coefficient (Wildman–Crippen LogP) is 3.56. The molecule has 4 aromatic rings. The highest BCUT2D eigenvalue weighted by Crippen LogP contribution is 2.26. The fraction of sp³-hybridized carbons (Fsp3) is 0.250. The number of hydrogen-bond acceptors (Lipinski definition) is 7. The second-order valence-electron chi connectivity index (χ2n) is 7.15. The Kier molecular flexibility index (Phi) is 4.73. The highest BCUT2D eigenvalue weighted by Gasteiger charge is 2.15. The van der Waals surface area contributed by atoms with Crippen LogP contribution in [0.4, 0.5) is 16.5 Å². The molecule has 1 aliphatic rings.